The lowest BCUT2D eigenvalue weighted by Crippen LogP contribution is -2.10. The Morgan fingerprint density at radius 1 is 1.17 bits per heavy atom. The maximum Gasteiger partial charge on any atom is 0.267 e. The zero-order valence-electron chi connectivity index (χ0n) is 16.7. The molecule has 0 saturated carbocycles. The van der Waals surface area contributed by atoms with Crippen molar-refractivity contribution in [2.45, 2.75) is 13.5 Å². The number of rotatable bonds is 7. The number of hydrogen-bond acceptors (Lipinski definition) is 7. The van der Waals surface area contributed by atoms with Gasteiger partial charge in [0.05, 0.1) is 17.7 Å². The van der Waals surface area contributed by atoms with E-state index in [0.717, 1.165) is 22.5 Å². The second-order valence-corrected chi connectivity index (χ2v) is 8.36. The van der Waals surface area contributed by atoms with Crippen LogP contribution >= 0.6 is 22.7 Å². The Bertz CT molecular complexity index is 1180. The summed E-state index contributed by atoms with van der Waals surface area (Å²) in [6.07, 6.45) is 1.72. The second kappa shape index (κ2) is 8.68. The monoisotopic (exact) mass is 440 g/mol. The van der Waals surface area contributed by atoms with Crippen LogP contribution in [0.1, 0.15) is 20.8 Å². The van der Waals surface area contributed by atoms with Gasteiger partial charge in [-0.05, 0) is 42.1 Å². The lowest BCUT2D eigenvalue weighted by molar-refractivity contribution is 0.103. The summed E-state index contributed by atoms with van der Waals surface area (Å²) < 4.78 is 13.0. The molecule has 154 valence electrons. The maximum absolute atomic E-state index is 12.6. The summed E-state index contributed by atoms with van der Waals surface area (Å²) in [5, 5.41) is 11.4. The van der Waals surface area contributed by atoms with Crippen LogP contribution in [0.4, 0.5) is 5.13 Å². The first-order chi connectivity index (χ1) is 14.5. The number of anilines is 1. The third kappa shape index (κ3) is 4.37. The number of aryl methyl sites for hydroxylation is 2. The standard InChI is InChI=1S/C21H20N4O3S2/c1-13-4-5-17(18(8-13)27-3)28-10-14-9-19(29-11-14)20(26)24-21-23-15(12-30-21)16-6-7-22-25(16)2/h4-9,11-12H,10H2,1-3H3,(H,23,24,26). The van der Waals surface area contributed by atoms with Crippen LogP contribution in [-0.4, -0.2) is 27.8 Å². The molecule has 0 spiro atoms. The molecule has 7 nitrogen and oxygen atoms in total. The van der Waals surface area contributed by atoms with Crippen LogP contribution in [0.2, 0.25) is 0 Å². The molecule has 9 heteroatoms. The van der Waals surface area contributed by atoms with Crippen molar-refractivity contribution in [3.8, 4) is 22.9 Å². The Balaban J connectivity index is 1.39. The smallest absolute Gasteiger partial charge is 0.267 e. The Kier molecular flexibility index (Phi) is 5.82. The van der Waals surface area contributed by atoms with Crippen molar-refractivity contribution in [1.82, 2.24) is 14.8 Å². The summed E-state index contributed by atoms with van der Waals surface area (Å²) in [6.45, 7) is 2.35. The summed E-state index contributed by atoms with van der Waals surface area (Å²) in [5.41, 5.74) is 3.70. The summed E-state index contributed by atoms with van der Waals surface area (Å²) in [5.74, 6) is 1.17. The van der Waals surface area contributed by atoms with Crippen LogP contribution in [0.5, 0.6) is 11.5 Å². The van der Waals surface area contributed by atoms with Crippen molar-refractivity contribution in [3.05, 3.63) is 63.3 Å². The Morgan fingerprint density at radius 2 is 2.03 bits per heavy atom. The molecule has 0 aliphatic rings. The van der Waals surface area contributed by atoms with E-state index >= 15 is 0 Å². The third-order valence-electron chi connectivity index (χ3n) is 4.40. The fourth-order valence-electron chi connectivity index (χ4n) is 2.86. The summed E-state index contributed by atoms with van der Waals surface area (Å²) in [7, 11) is 3.47. The van der Waals surface area contributed by atoms with Gasteiger partial charge in [-0.15, -0.1) is 22.7 Å². The molecule has 1 N–H and O–H groups in total. The fraction of sp³-hybridized carbons (Fsp3) is 0.190. The van der Waals surface area contributed by atoms with Gasteiger partial charge in [0.25, 0.3) is 5.91 Å². The minimum Gasteiger partial charge on any atom is -0.493 e. The van der Waals surface area contributed by atoms with E-state index in [1.54, 1.807) is 18.0 Å². The lowest BCUT2D eigenvalue weighted by Gasteiger charge is -2.10. The largest absolute Gasteiger partial charge is 0.493 e. The molecular formula is C21H20N4O3S2. The van der Waals surface area contributed by atoms with Crippen molar-refractivity contribution < 1.29 is 14.3 Å². The summed E-state index contributed by atoms with van der Waals surface area (Å²) in [4.78, 5) is 17.7. The number of hydrogen-bond donors (Lipinski definition) is 1. The van der Waals surface area contributed by atoms with Gasteiger partial charge in [0.15, 0.2) is 16.6 Å². The predicted octanol–water partition coefficient (Wildman–Crippen LogP) is 4.75. The van der Waals surface area contributed by atoms with Crippen molar-refractivity contribution in [2.24, 2.45) is 7.05 Å². The number of ether oxygens (including phenoxy) is 2. The molecule has 4 aromatic rings. The van der Waals surface area contributed by atoms with Gasteiger partial charge in [0, 0.05) is 24.2 Å². The summed E-state index contributed by atoms with van der Waals surface area (Å²) in [6, 6.07) is 9.50. The van der Waals surface area contributed by atoms with Gasteiger partial charge < -0.3 is 9.47 Å². The molecule has 4 rings (SSSR count). The van der Waals surface area contributed by atoms with Crippen LogP contribution in [0.15, 0.2) is 47.3 Å². The van der Waals surface area contributed by atoms with Gasteiger partial charge >= 0.3 is 0 Å². The fourth-order valence-corrected chi connectivity index (χ4v) is 4.35. The molecule has 1 amide bonds. The minimum absolute atomic E-state index is 0.190. The van der Waals surface area contributed by atoms with Crippen LogP contribution in [0.25, 0.3) is 11.4 Å². The molecule has 3 aromatic heterocycles. The van der Waals surface area contributed by atoms with E-state index < -0.39 is 0 Å². The van der Waals surface area contributed by atoms with E-state index in [0.29, 0.717) is 28.1 Å². The molecule has 3 heterocycles. The lowest BCUT2D eigenvalue weighted by atomic mass is 10.2. The average molecular weight is 441 g/mol. The van der Waals surface area contributed by atoms with Gasteiger partial charge in [-0.3, -0.25) is 14.8 Å². The van der Waals surface area contributed by atoms with E-state index in [1.165, 1.54) is 22.7 Å². The van der Waals surface area contributed by atoms with Crippen molar-refractivity contribution in [1.29, 1.82) is 0 Å². The first kappa shape index (κ1) is 20.1. The molecule has 0 radical (unpaired) electrons. The number of thiazole rings is 1. The SMILES string of the molecule is COc1cc(C)ccc1OCc1csc(C(=O)Nc2nc(-c3ccnn3C)cs2)c1. The number of carbonyl (C=O) groups excluding carboxylic acids is 1. The Morgan fingerprint density at radius 3 is 2.80 bits per heavy atom. The van der Waals surface area contributed by atoms with E-state index in [9.17, 15) is 4.79 Å². The molecular weight excluding hydrogens is 420 g/mol. The van der Waals surface area contributed by atoms with Gasteiger partial charge in [-0.2, -0.15) is 5.10 Å². The van der Waals surface area contributed by atoms with Crippen molar-refractivity contribution in [2.75, 3.05) is 12.4 Å². The van der Waals surface area contributed by atoms with Gasteiger partial charge in [-0.25, -0.2) is 4.98 Å². The maximum atomic E-state index is 12.6. The molecule has 0 bridgehead atoms. The Labute approximate surface area is 181 Å². The number of aromatic nitrogens is 3. The number of thiophene rings is 1. The first-order valence-corrected chi connectivity index (χ1v) is 10.9. The van der Waals surface area contributed by atoms with E-state index in [4.69, 9.17) is 9.47 Å². The van der Waals surface area contributed by atoms with Crippen LogP contribution in [0, 0.1) is 6.92 Å². The van der Waals surface area contributed by atoms with Crippen molar-refractivity contribution >= 4 is 33.7 Å². The minimum atomic E-state index is -0.190. The highest BCUT2D eigenvalue weighted by Gasteiger charge is 2.14. The zero-order chi connectivity index (χ0) is 21.1. The average Bonchev–Trinajstić information content (AvgIpc) is 3.47. The molecule has 1 aromatic carbocycles. The van der Waals surface area contributed by atoms with Gasteiger partial charge in [0.1, 0.15) is 12.3 Å². The van der Waals surface area contributed by atoms with Gasteiger partial charge in [0.2, 0.25) is 0 Å². The normalized spacial score (nSPS) is 10.8. The highest BCUT2D eigenvalue weighted by Crippen LogP contribution is 2.29. The number of nitrogens with zero attached hydrogens (tertiary/aromatic N) is 3. The topological polar surface area (TPSA) is 78.3 Å². The second-order valence-electron chi connectivity index (χ2n) is 6.59. The molecule has 30 heavy (non-hydrogen) atoms. The summed E-state index contributed by atoms with van der Waals surface area (Å²) >= 11 is 2.75. The zero-order valence-corrected chi connectivity index (χ0v) is 18.3. The molecule has 0 fully saturated rings. The van der Waals surface area contributed by atoms with E-state index in [1.807, 2.05) is 55.1 Å². The molecule has 0 aliphatic heterocycles. The number of amides is 1. The highest BCUT2D eigenvalue weighted by atomic mass is 32.1. The molecule has 0 atom stereocenters. The van der Waals surface area contributed by atoms with Crippen LogP contribution < -0.4 is 14.8 Å². The third-order valence-corrected chi connectivity index (χ3v) is 6.13. The van der Waals surface area contributed by atoms with E-state index in [-0.39, 0.29) is 5.91 Å². The molecule has 0 saturated heterocycles. The number of carbonyl (C=O) groups is 1. The Hall–Kier alpha value is -3.17. The number of methoxy groups -OCH3 is 1. The molecule has 0 aliphatic carbocycles. The predicted molar refractivity (Wildman–Crippen MR) is 119 cm³/mol. The van der Waals surface area contributed by atoms with Gasteiger partial charge in [-0.1, -0.05) is 6.07 Å². The quantitative estimate of drug-likeness (QED) is 0.449. The van der Waals surface area contributed by atoms with Crippen molar-refractivity contribution in [3.63, 3.8) is 0 Å². The van der Waals surface area contributed by atoms with E-state index in [2.05, 4.69) is 15.4 Å². The van der Waals surface area contributed by atoms with Crippen LogP contribution in [-0.2, 0) is 13.7 Å². The highest BCUT2D eigenvalue weighted by molar-refractivity contribution is 7.14. The number of benzene rings is 1. The molecule has 0 unspecified atom stereocenters. The number of nitrogens with one attached hydrogen (secondary N) is 1. The van der Waals surface area contributed by atoms with Crippen LogP contribution in [0.3, 0.4) is 0 Å². The first-order valence-electron chi connectivity index (χ1n) is 9.13.